The van der Waals surface area contributed by atoms with Crippen LogP contribution in [0.4, 0.5) is 0 Å². The summed E-state index contributed by atoms with van der Waals surface area (Å²) in [7, 11) is 0. The van der Waals surface area contributed by atoms with Crippen LogP contribution >= 0.6 is 0 Å². The Bertz CT molecular complexity index is 594. The second-order valence-electron chi connectivity index (χ2n) is 6.86. The van der Waals surface area contributed by atoms with Crippen LogP contribution in [0.25, 0.3) is 0 Å². The van der Waals surface area contributed by atoms with Gasteiger partial charge in [-0.1, -0.05) is 31.2 Å². The number of nitrogens with two attached hydrogens (primary N) is 1. The molecule has 0 aliphatic carbocycles. The Morgan fingerprint density at radius 2 is 1.83 bits per heavy atom. The highest BCUT2D eigenvalue weighted by Crippen LogP contribution is 2.24. The smallest absolute Gasteiger partial charge is 0.236 e. The molecule has 2 N–H and O–H groups in total. The van der Waals surface area contributed by atoms with Gasteiger partial charge in [-0.3, -0.25) is 14.5 Å². The third-order valence-electron chi connectivity index (χ3n) is 5.15. The molecule has 5 nitrogen and oxygen atoms in total. The van der Waals surface area contributed by atoms with Gasteiger partial charge in [0.25, 0.3) is 0 Å². The lowest BCUT2D eigenvalue weighted by Crippen LogP contribution is -2.53. The van der Waals surface area contributed by atoms with Crippen LogP contribution in [-0.2, 0) is 22.6 Å². The predicted molar refractivity (Wildman–Crippen MR) is 88.5 cm³/mol. The van der Waals surface area contributed by atoms with Crippen molar-refractivity contribution in [3.63, 3.8) is 0 Å². The molecule has 0 bridgehead atoms. The van der Waals surface area contributed by atoms with Crippen molar-refractivity contribution in [2.75, 3.05) is 19.6 Å². The van der Waals surface area contributed by atoms with Gasteiger partial charge < -0.3 is 10.6 Å². The van der Waals surface area contributed by atoms with E-state index in [1.54, 1.807) is 0 Å². The molecule has 2 heterocycles. The molecule has 3 rings (SSSR count). The summed E-state index contributed by atoms with van der Waals surface area (Å²) in [4.78, 5) is 28.3. The average Bonchev–Trinajstić information content (AvgIpc) is 2.54. The number of amides is 2. The Morgan fingerprint density at radius 3 is 2.48 bits per heavy atom. The zero-order valence-electron chi connectivity index (χ0n) is 13.7. The molecule has 1 aromatic carbocycles. The summed E-state index contributed by atoms with van der Waals surface area (Å²) < 4.78 is 0. The summed E-state index contributed by atoms with van der Waals surface area (Å²) in [5.74, 6) is 0.460. The largest absolute Gasteiger partial charge is 0.368 e. The number of benzene rings is 1. The molecule has 1 fully saturated rings. The normalized spacial score (nSPS) is 22.7. The van der Waals surface area contributed by atoms with Crippen molar-refractivity contribution in [1.29, 1.82) is 0 Å². The van der Waals surface area contributed by atoms with Gasteiger partial charge in [0.2, 0.25) is 11.8 Å². The lowest BCUT2D eigenvalue weighted by atomic mass is 9.93. The second kappa shape index (κ2) is 6.71. The quantitative estimate of drug-likeness (QED) is 0.910. The first kappa shape index (κ1) is 16.0. The van der Waals surface area contributed by atoms with Gasteiger partial charge in [-0.2, -0.15) is 0 Å². The van der Waals surface area contributed by atoms with Crippen molar-refractivity contribution in [2.24, 2.45) is 11.7 Å². The van der Waals surface area contributed by atoms with E-state index in [1.165, 1.54) is 5.56 Å². The first-order chi connectivity index (χ1) is 11.0. The molecular weight excluding hydrogens is 290 g/mol. The summed E-state index contributed by atoms with van der Waals surface area (Å²) in [5.41, 5.74) is 7.93. The molecule has 5 heteroatoms. The van der Waals surface area contributed by atoms with Crippen molar-refractivity contribution in [3.8, 4) is 0 Å². The van der Waals surface area contributed by atoms with E-state index < -0.39 is 6.04 Å². The number of rotatable bonds is 3. The van der Waals surface area contributed by atoms with Crippen molar-refractivity contribution >= 4 is 11.8 Å². The summed E-state index contributed by atoms with van der Waals surface area (Å²) in [6.07, 6.45) is 2.72. The average molecular weight is 315 g/mol. The van der Waals surface area contributed by atoms with Crippen LogP contribution in [0.5, 0.6) is 0 Å². The molecule has 23 heavy (non-hydrogen) atoms. The van der Waals surface area contributed by atoms with E-state index in [0.29, 0.717) is 18.9 Å². The summed E-state index contributed by atoms with van der Waals surface area (Å²) in [6.45, 7) is 4.76. The van der Waals surface area contributed by atoms with Crippen LogP contribution in [0.1, 0.15) is 30.9 Å². The maximum atomic E-state index is 12.6. The Morgan fingerprint density at radius 1 is 1.17 bits per heavy atom. The van der Waals surface area contributed by atoms with E-state index in [1.807, 2.05) is 28.0 Å². The molecule has 0 spiro atoms. The van der Waals surface area contributed by atoms with Crippen molar-refractivity contribution < 1.29 is 9.59 Å². The van der Waals surface area contributed by atoms with Gasteiger partial charge in [-0.25, -0.2) is 0 Å². The van der Waals surface area contributed by atoms with E-state index in [-0.39, 0.29) is 18.4 Å². The van der Waals surface area contributed by atoms with E-state index in [9.17, 15) is 9.59 Å². The Labute approximate surface area is 137 Å². The molecule has 1 saturated heterocycles. The number of nitrogens with zero attached hydrogens (tertiary/aromatic N) is 2. The first-order valence-electron chi connectivity index (χ1n) is 8.42. The van der Waals surface area contributed by atoms with Crippen molar-refractivity contribution in [3.05, 3.63) is 35.4 Å². The van der Waals surface area contributed by atoms with Gasteiger partial charge in [-0.15, -0.1) is 0 Å². The minimum Gasteiger partial charge on any atom is -0.368 e. The highest BCUT2D eigenvalue weighted by Gasteiger charge is 2.32. The van der Waals surface area contributed by atoms with Gasteiger partial charge in [0.15, 0.2) is 0 Å². The van der Waals surface area contributed by atoms with Crippen molar-refractivity contribution in [2.45, 2.75) is 38.8 Å². The van der Waals surface area contributed by atoms with Gasteiger partial charge >= 0.3 is 0 Å². The molecule has 0 aromatic heterocycles. The minimum atomic E-state index is -0.391. The zero-order valence-corrected chi connectivity index (χ0v) is 13.7. The van der Waals surface area contributed by atoms with E-state index in [2.05, 4.69) is 13.0 Å². The number of fused-ring (bicyclic) bond motifs is 1. The van der Waals surface area contributed by atoms with Gasteiger partial charge in [0.05, 0.1) is 12.6 Å². The Balaban J connectivity index is 1.70. The van der Waals surface area contributed by atoms with Crippen LogP contribution in [-0.4, -0.2) is 47.3 Å². The SMILES string of the molecule is CC1CCN(C(=O)CN2Cc3ccccc3C[C@H]2C(N)=O)CC1. The predicted octanol–water partition coefficient (Wildman–Crippen LogP) is 1.16. The van der Waals surface area contributed by atoms with Crippen LogP contribution in [0.3, 0.4) is 0 Å². The number of primary amides is 1. The highest BCUT2D eigenvalue weighted by atomic mass is 16.2. The third kappa shape index (κ3) is 3.55. The van der Waals surface area contributed by atoms with E-state index in [4.69, 9.17) is 5.73 Å². The van der Waals surface area contributed by atoms with E-state index >= 15 is 0 Å². The van der Waals surface area contributed by atoms with Crippen molar-refractivity contribution in [1.82, 2.24) is 9.80 Å². The fourth-order valence-electron chi connectivity index (χ4n) is 3.56. The number of carbonyl (C=O) groups excluding carboxylic acids is 2. The second-order valence-corrected chi connectivity index (χ2v) is 6.86. The molecule has 0 unspecified atom stereocenters. The van der Waals surface area contributed by atoms with Gasteiger partial charge in [-0.05, 0) is 36.3 Å². The lowest BCUT2D eigenvalue weighted by Gasteiger charge is -2.37. The molecule has 1 aromatic rings. The van der Waals surface area contributed by atoms with Gasteiger partial charge in [0.1, 0.15) is 0 Å². The topological polar surface area (TPSA) is 66.6 Å². The van der Waals surface area contributed by atoms with Gasteiger partial charge in [0, 0.05) is 19.6 Å². The molecule has 1 atom stereocenters. The summed E-state index contributed by atoms with van der Waals surface area (Å²) >= 11 is 0. The fraction of sp³-hybridized carbons (Fsp3) is 0.556. The number of hydrogen-bond donors (Lipinski definition) is 1. The third-order valence-corrected chi connectivity index (χ3v) is 5.15. The minimum absolute atomic E-state index is 0.113. The van der Waals surface area contributed by atoms with Crippen LogP contribution in [0.2, 0.25) is 0 Å². The van der Waals surface area contributed by atoms with Crippen LogP contribution in [0.15, 0.2) is 24.3 Å². The van der Waals surface area contributed by atoms with Crippen LogP contribution < -0.4 is 5.73 Å². The Hall–Kier alpha value is -1.88. The maximum absolute atomic E-state index is 12.6. The molecule has 0 radical (unpaired) electrons. The summed E-state index contributed by atoms with van der Waals surface area (Å²) in [6, 6.07) is 7.68. The molecule has 2 aliphatic heterocycles. The standard InChI is InChI=1S/C18H25N3O2/c1-13-6-8-20(9-7-13)17(22)12-21-11-15-5-3-2-4-14(15)10-16(21)18(19)23/h2-5,13,16H,6-12H2,1H3,(H2,19,23)/t16-/m0/s1. The number of hydrogen-bond acceptors (Lipinski definition) is 3. The molecule has 2 amide bonds. The fourth-order valence-corrected chi connectivity index (χ4v) is 3.56. The Kier molecular flexibility index (Phi) is 4.66. The van der Waals surface area contributed by atoms with Crippen LogP contribution in [0, 0.1) is 5.92 Å². The maximum Gasteiger partial charge on any atom is 0.236 e. The highest BCUT2D eigenvalue weighted by molar-refractivity contribution is 5.83. The molecule has 2 aliphatic rings. The lowest BCUT2D eigenvalue weighted by molar-refractivity contribution is -0.136. The first-order valence-corrected chi connectivity index (χ1v) is 8.42. The number of piperidine rings is 1. The zero-order chi connectivity index (χ0) is 16.4. The van der Waals surface area contributed by atoms with E-state index in [0.717, 1.165) is 31.5 Å². The number of carbonyl (C=O) groups is 2. The molecule has 124 valence electrons. The molecule has 0 saturated carbocycles. The molecular formula is C18H25N3O2. The summed E-state index contributed by atoms with van der Waals surface area (Å²) in [5, 5.41) is 0. The number of likely N-dealkylation sites (tertiary alicyclic amines) is 1. The monoisotopic (exact) mass is 315 g/mol.